The molecule has 0 bridgehead atoms. The molecule has 0 unspecified atom stereocenters. The lowest BCUT2D eigenvalue weighted by atomic mass is 10.3. The Morgan fingerprint density at radius 1 is 1.53 bits per heavy atom. The Morgan fingerprint density at radius 3 is 3.12 bits per heavy atom. The molecule has 1 aliphatic carbocycles. The van der Waals surface area contributed by atoms with Crippen LogP contribution in [0.4, 0.5) is 5.95 Å². The van der Waals surface area contributed by atoms with E-state index in [1.165, 1.54) is 12.8 Å². The number of hydrogen-bond donors (Lipinski definition) is 1. The van der Waals surface area contributed by atoms with Gasteiger partial charge in [-0.2, -0.15) is 0 Å². The van der Waals surface area contributed by atoms with E-state index in [0.717, 1.165) is 30.3 Å². The summed E-state index contributed by atoms with van der Waals surface area (Å²) in [6, 6.07) is 0.679. The maximum atomic E-state index is 4.52. The summed E-state index contributed by atoms with van der Waals surface area (Å²) in [5, 5.41) is 5.51. The van der Waals surface area contributed by atoms with Gasteiger partial charge in [-0.05, 0) is 19.8 Å². The molecule has 0 aliphatic heterocycles. The van der Waals surface area contributed by atoms with Gasteiger partial charge < -0.3 is 9.88 Å². The number of aromatic nitrogens is 3. The van der Waals surface area contributed by atoms with Gasteiger partial charge in [-0.3, -0.25) is 0 Å². The van der Waals surface area contributed by atoms with Crippen LogP contribution < -0.4 is 5.32 Å². The highest BCUT2D eigenvalue weighted by molar-refractivity contribution is 7.07. The van der Waals surface area contributed by atoms with Crippen molar-refractivity contribution >= 4 is 17.3 Å². The molecule has 5 heteroatoms. The molecule has 2 aromatic heterocycles. The number of rotatable bonds is 5. The quantitative estimate of drug-likeness (QED) is 0.884. The van der Waals surface area contributed by atoms with Crippen molar-refractivity contribution in [2.45, 2.75) is 32.2 Å². The van der Waals surface area contributed by atoms with Crippen molar-refractivity contribution in [3.8, 4) is 0 Å². The summed E-state index contributed by atoms with van der Waals surface area (Å²) in [7, 11) is 0. The van der Waals surface area contributed by atoms with Gasteiger partial charge in [0.1, 0.15) is 0 Å². The topological polar surface area (TPSA) is 42.7 Å². The summed E-state index contributed by atoms with van der Waals surface area (Å²) < 4.78 is 2.27. The molecule has 2 heterocycles. The van der Waals surface area contributed by atoms with Crippen LogP contribution in [0.2, 0.25) is 0 Å². The summed E-state index contributed by atoms with van der Waals surface area (Å²) in [6.45, 7) is 2.94. The number of hydrogen-bond acceptors (Lipinski definition) is 4. The second-order valence-electron chi connectivity index (χ2n) is 4.50. The van der Waals surface area contributed by atoms with Gasteiger partial charge in [0.2, 0.25) is 5.95 Å². The molecule has 4 nitrogen and oxygen atoms in total. The highest BCUT2D eigenvalue weighted by atomic mass is 32.1. The van der Waals surface area contributed by atoms with E-state index in [1.807, 2.05) is 12.4 Å². The third kappa shape index (κ3) is 2.49. The zero-order valence-electron chi connectivity index (χ0n) is 9.89. The number of nitrogens with one attached hydrogen (secondary N) is 1. The number of imidazole rings is 1. The Hall–Kier alpha value is -1.36. The van der Waals surface area contributed by atoms with Gasteiger partial charge in [0.15, 0.2) is 0 Å². The van der Waals surface area contributed by atoms with Crippen LogP contribution in [0.3, 0.4) is 0 Å². The number of aryl methyl sites for hydroxylation is 1. The smallest absolute Gasteiger partial charge is 0.203 e. The normalized spacial score (nSPS) is 15.1. The van der Waals surface area contributed by atoms with Crippen LogP contribution in [0, 0.1) is 6.92 Å². The van der Waals surface area contributed by atoms with Gasteiger partial charge >= 0.3 is 0 Å². The van der Waals surface area contributed by atoms with Crippen molar-refractivity contribution in [3.63, 3.8) is 0 Å². The summed E-state index contributed by atoms with van der Waals surface area (Å²) >= 11 is 1.65. The maximum Gasteiger partial charge on any atom is 0.203 e. The third-order valence-corrected chi connectivity index (χ3v) is 3.58. The lowest BCUT2D eigenvalue weighted by Crippen LogP contribution is -2.10. The van der Waals surface area contributed by atoms with Crippen molar-refractivity contribution in [2.75, 3.05) is 11.9 Å². The Morgan fingerprint density at radius 2 is 2.41 bits per heavy atom. The van der Waals surface area contributed by atoms with Crippen LogP contribution in [0.15, 0.2) is 17.1 Å². The van der Waals surface area contributed by atoms with Crippen molar-refractivity contribution in [1.29, 1.82) is 0 Å². The number of anilines is 1. The van der Waals surface area contributed by atoms with Gasteiger partial charge in [-0.25, -0.2) is 9.97 Å². The highest BCUT2D eigenvalue weighted by Crippen LogP contribution is 2.37. The summed E-state index contributed by atoms with van der Waals surface area (Å²) in [6.07, 6.45) is 5.68. The van der Waals surface area contributed by atoms with E-state index in [-0.39, 0.29) is 0 Å². The molecule has 0 radical (unpaired) electrons. The van der Waals surface area contributed by atoms with E-state index in [2.05, 4.69) is 31.4 Å². The van der Waals surface area contributed by atoms with Crippen LogP contribution >= 0.6 is 11.3 Å². The first-order chi connectivity index (χ1) is 8.33. The summed E-state index contributed by atoms with van der Waals surface area (Å²) in [5.74, 6) is 1.01. The predicted octanol–water partition coefficient (Wildman–Crippen LogP) is 2.64. The molecule has 0 aromatic carbocycles. The monoisotopic (exact) mass is 248 g/mol. The molecular formula is C12H16N4S. The lowest BCUT2D eigenvalue weighted by Gasteiger charge is -2.07. The van der Waals surface area contributed by atoms with Crippen LogP contribution in [0.1, 0.15) is 30.3 Å². The van der Waals surface area contributed by atoms with Gasteiger partial charge in [-0.1, -0.05) is 0 Å². The fourth-order valence-electron chi connectivity index (χ4n) is 1.94. The molecule has 0 atom stereocenters. The first kappa shape index (κ1) is 10.8. The van der Waals surface area contributed by atoms with Crippen molar-refractivity contribution in [1.82, 2.24) is 14.5 Å². The van der Waals surface area contributed by atoms with E-state index in [9.17, 15) is 0 Å². The first-order valence-electron chi connectivity index (χ1n) is 5.99. The molecule has 2 aromatic rings. The molecule has 0 amide bonds. The molecule has 1 saturated carbocycles. The Labute approximate surface area is 105 Å². The summed E-state index contributed by atoms with van der Waals surface area (Å²) in [5.41, 5.74) is 4.13. The van der Waals surface area contributed by atoms with Crippen molar-refractivity contribution in [3.05, 3.63) is 28.5 Å². The van der Waals surface area contributed by atoms with Gasteiger partial charge in [0.05, 0.1) is 16.9 Å². The molecule has 1 N–H and O–H groups in total. The molecule has 3 rings (SSSR count). The lowest BCUT2D eigenvalue weighted by molar-refractivity contribution is 0.741. The molecule has 1 aliphatic rings. The fraction of sp³-hybridized carbons (Fsp3) is 0.500. The van der Waals surface area contributed by atoms with E-state index in [0.29, 0.717) is 6.04 Å². The van der Waals surface area contributed by atoms with Crippen LogP contribution in [0.25, 0.3) is 0 Å². The second-order valence-corrected chi connectivity index (χ2v) is 5.22. The highest BCUT2D eigenvalue weighted by Gasteiger charge is 2.25. The minimum atomic E-state index is 0.679. The summed E-state index contributed by atoms with van der Waals surface area (Å²) in [4.78, 5) is 8.80. The Kier molecular flexibility index (Phi) is 2.84. The van der Waals surface area contributed by atoms with Crippen molar-refractivity contribution < 1.29 is 0 Å². The molecule has 90 valence electrons. The first-order valence-corrected chi connectivity index (χ1v) is 6.93. The number of nitrogens with zero attached hydrogens (tertiary/aromatic N) is 3. The van der Waals surface area contributed by atoms with E-state index in [1.54, 1.807) is 11.3 Å². The van der Waals surface area contributed by atoms with Gasteiger partial charge in [0.25, 0.3) is 0 Å². The van der Waals surface area contributed by atoms with E-state index < -0.39 is 0 Å². The van der Waals surface area contributed by atoms with Crippen LogP contribution in [-0.2, 0) is 6.42 Å². The van der Waals surface area contributed by atoms with Gasteiger partial charge in [-0.15, -0.1) is 11.3 Å². The average Bonchev–Trinajstić information content (AvgIpc) is 2.90. The standard InChI is InChI=1S/C12H16N4S/c1-9-6-16(11-2-3-11)12(15-9)13-5-4-10-7-17-8-14-10/h6-8,11H,2-5H2,1H3,(H,13,15). The second kappa shape index (κ2) is 4.49. The van der Waals surface area contributed by atoms with Crippen LogP contribution in [-0.4, -0.2) is 21.1 Å². The molecule has 0 saturated heterocycles. The molecule has 0 spiro atoms. The maximum absolute atomic E-state index is 4.52. The SMILES string of the molecule is Cc1cn(C2CC2)c(NCCc2cscn2)n1. The molecule has 1 fully saturated rings. The van der Waals surface area contributed by atoms with E-state index in [4.69, 9.17) is 0 Å². The minimum absolute atomic E-state index is 0.679. The number of thiazole rings is 1. The minimum Gasteiger partial charge on any atom is -0.355 e. The largest absolute Gasteiger partial charge is 0.355 e. The Bertz CT molecular complexity index is 485. The van der Waals surface area contributed by atoms with Crippen molar-refractivity contribution in [2.24, 2.45) is 0 Å². The zero-order valence-corrected chi connectivity index (χ0v) is 10.7. The van der Waals surface area contributed by atoms with Gasteiger partial charge in [0, 0.05) is 30.6 Å². The fourth-order valence-corrected chi connectivity index (χ4v) is 2.53. The van der Waals surface area contributed by atoms with E-state index >= 15 is 0 Å². The molecule has 17 heavy (non-hydrogen) atoms. The zero-order chi connectivity index (χ0) is 11.7. The average molecular weight is 248 g/mol. The Balaban J connectivity index is 1.60. The third-order valence-electron chi connectivity index (χ3n) is 2.94. The molecular weight excluding hydrogens is 232 g/mol. The predicted molar refractivity (Wildman–Crippen MR) is 69.5 cm³/mol. The van der Waals surface area contributed by atoms with Crippen LogP contribution in [0.5, 0.6) is 0 Å².